The highest BCUT2D eigenvalue weighted by Crippen LogP contribution is 2.20. The van der Waals surface area contributed by atoms with E-state index in [1.54, 1.807) is 0 Å². The van der Waals surface area contributed by atoms with Crippen LogP contribution < -0.4 is 10.6 Å². The number of halogens is 4. The van der Waals surface area contributed by atoms with Gasteiger partial charge >= 0.3 is 6.18 Å². The molecule has 26 heavy (non-hydrogen) atoms. The van der Waals surface area contributed by atoms with Crippen LogP contribution in [0, 0.1) is 0 Å². The lowest BCUT2D eigenvalue weighted by molar-refractivity contribution is -0.143. The maximum absolute atomic E-state index is 12.5. The van der Waals surface area contributed by atoms with E-state index in [2.05, 4.69) is 20.4 Å². The summed E-state index contributed by atoms with van der Waals surface area (Å²) in [4.78, 5) is 11.1. The zero-order valence-corrected chi connectivity index (χ0v) is 17.6. The first-order valence-electron chi connectivity index (χ1n) is 9.23. The lowest BCUT2D eigenvalue weighted by atomic mass is 10.1. The van der Waals surface area contributed by atoms with Gasteiger partial charge in [-0.05, 0) is 13.3 Å². The van der Waals surface area contributed by atoms with Crippen LogP contribution in [0.4, 0.5) is 13.2 Å². The molecule has 0 aromatic heterocycles. The molecule has 4 heterocycles. The molecule has 0 amide bonds. The maximum Gasteiger partial charge on any atom is 0.401 e. The van der Waals surface area contributed by atoms with E-state index in [0.29, 0.717) is 25.6 Å². The lowest BCUT2D eigenvalue weighted by Gasteiger charge is -2.47. The highest BCUT2D eigenvalue weighted by atomic mass is 127. The molecule has 0 aromatic rings. The van der Waals surface area contributed by atoms with Gasteiger partial charge in [-0.25, -0.2) is 0 Å². The Labute approximate surface area is 170 Å². The fourth-order valence-corrected chi connectivity index (χ4v) is 3.96. The first-order chi connectivity index (χ1) is 11.9. The first kappa shape index (κ1) is 22.0. The number of alkyl halides is 3. The van der Waals surface area contributed by atoms with Gasteiger partial charge in [-0.15, -0.1) is 24.0 Å². The lowest BCUT2D eigenvalue weighted by Crippen LogP contribution is -2.62. The molecule has 4 aliphatic heterocycles. The first-order valence-corrected chi connectivity index (χ1v) is 9.23. The second-order valence-electron chi connectivity index (χ2n) is 7.19. The molecule has 0 saturated carbocycles. The Morgan fingerprint density at radius 1 is 1.12 bits per heavy atom. The highest BCUT2D eigenvalue weighted by molar-refractivity contribution is 14.0. The van der Waals surface area contributed by atoms with Gasteiger partial charge < -0.3 is 10.6 Å². The van der Waals surface area contributed by atoms with Gasteiger partial charge in [0.1, 0.15) is 0 Å². The minimum atomic E-state index is -4.13. The average molecular weight is 490 g/mol. The summed E-state index contributed by atoms with van der Waals surface area (Å²) in [6.07, 6.45) is -3.42. The van der Waals surface area contributed by atoms with Crippen LogP contribution in [0.2, 0.25) is 0 Å². The van der Waals surface area contributed by atoms with Crippen molar-refractivity contribution in [3.05, 3.63) is 0 Å². The van der Waals surface area contributed by atoms with Crippen LogP contribution in [0.5, 0.6) is 0 Å². The molecule has 2 atom stereocenters. The summed E-state index contributed by atoms with van der Waals surface area (Å²) in [5.41, 5.74) is 0. The second-order valence-corrected chi connectivity index (χ2v) is 7.19. The van der Waals surface area contributed by atoms with E-state index >= 15 is 0 Å². The molecule has 6 nitrogen and oxygen atoms in total. The molecule has 2 bridgehead atoms. The van der Waals surface area contributed by atoms with Crippen LogP contribution in [-0.2, 0) is 0 Å². The minimum absolute atomic E-state index is 0. The number of nitrogens with zero attached hydrogens (tertiary/aromatic N) is 4. The molecule has 4 aliphatic rings. The zero-order chi connectivity index (χ0) is 17.9. The normalized spacial score (nSPS) is 32.4. The largest absolute Gasteiger partial charge is 0.401 e. The summed E-state index contributed by atoms with van der Waals surface area (Å²) >= 11 is 0. The average Bonchev–Trinajstić information content (AvgIpc) is 2.99. The Bertz CT molecular complexity index is 467. The SMILES string of the molecule is CCNC(=NCC1CN2CCN1CC2)NC1CCN(CC(F)(F)F)C1.I. The number of piperazine rings is 3. The summed E-state index contributed by atoms with van der Waals surface area (Å²) in [5, 5.41) is 6.54. The van der Waals surface area contributed by atoms with Gasteiger partial charge in [0.15, 0.2) is 5.96 Å². The summed E-state index contributed by atoms with van der Waals surface area (Å²) in [6, 6.07) is 0.468. The summed E-state index contributed by atoms with van der Waals surface area (Å²) in [6.45, 7) is 9.10. The van der Waals surface area contributed by atoms with Crippen molar-refractivity contribution in [2.24, 2.45) is 4.99 Å². The third-order valence-corrected chi connectivity index (χ3v) is 5.21. The van der Waals surface area contributed by atoms with Gasteiger partial charge in [0.2, 0.25) is 0 Å². The Morgan fingerprint density at radius 3 is 2.42 bits per heavy atom. The van der Waals surface area contributed by atoms with E-state index in [1.165, 1.54) is 4.90 Å². The molecule has 4 saturated heterocycles. The number of aliphatic imine (C=N–C) groups is 1. The van der Waals surface area contributed by atoms with Crippen LogP contribution >= 0.6 is 24.0 Å². The number of nitrogens with one attached hydrogen (secondary N) is 2. The fraction of sp³-hybridized carbons (Fsp3) is 0.938. The molecule has 2 N–H and O–H groups in total. The fourth-order valence-electron chi connectivity index (χ4n) is 3.96. The minimum Gasteiger partial charge on any atom is -0.357 e. The molecule has 0 aliphatic carbocycles. The number of hydrogen-bond donors (Lipinski definition) is 2. The summed E-state index contributed by atoms with van der Waals surface area (Å²) < 4.78 is 37.5. The smallest absolute Gasteiger partial charge is 0.357 e. The van der Waals surface area contributed by atoms with Crippen LogP contribution in [0.3, 0.4) is 0 Å². The third-order valence-electron chi connectivity index (χ3n) is 5.21. The van der Waals surface area contributed by atoms with Crippen LogP contribution in [0.25, 0.3) is 0 Å². The van der Waals surface area contributed by atoms with Crippen LogP contribution in [-0.4, -0.2) is 104 Å². The number of rotatable bonds is 5. The van der Waals surface area contributed by atoms with Crippen LogP contribution in [0.1, 0.15) is 13.3 Å². The van der Waals surface area contributed by atoms with Gasteiger partial charge in [0.05, 0.1) is 13.1 Å². The van der Waals surface area contributed by atoms with Gasteiger partial charge in [-0.1, -0.05) is 0 Å². The van der Waals surface area contributed by atoms with E-state index in [4.69, 9.17) is 4.99 Å². The van der Waals surface area contributed by atoms with Crippen molar-refractivity contribution in [1.82, 2.24) is 25.3 Å². The zero-order valence-electron chi connectivity index (χ0n) is 15.3. The molecule has 10 heteroatoms. The van der Waals surface area contributed by atoms with Gasteiger partial charge in [-0.3, -0.25) is 19.7 Å². The highest BCUT2D eigenvalue weighted by Gasteiger charge is 2.35. The summed E-state index contributed by atoms with van der Waals surface area (Å²) in [5.74, 6) is 0.721. The molecule has 0 aromatic carbocycles. The molecular weight excluding hydrogens is 460 g/mol. The number of likely N-dealkylation sites (tertiary alicyclic amines) is 1. The Balaban J connectivity index is 0.00000243. The molecule has 0 radical (unpaired) electrons. The van der Waals surface area contributed by atoms with E-state index in [1.807, 2.05) is 6.92 Å². The maximum atomic E-state index is 12.5. The van der Waals surface area contributed by atoms with Gasteiger partial charge in [-0.2, -0.15) is 13.2 Å². The molecular formula is C16H30F3IN6. The molecule has 2 unspecified atom stereocenters. The summed E-state index contributed by atoms with van der Waals surface area (Å²) in [7, 11) is 0. The predicted molar refractivity (Wildman–Crippen MR) is 107 cm³/mol. The van der Waals surface area contributed by atoms with Crippen molar-refractivity contribution < 1.29 is 13.2 Å². The number of hydrogen-bond acceptors (Lipinski definition) is 4. The van der Waals surface area contributed by atoms with Crippen molar-refractivity contribution in [1.29, 1.82) is 0 Å². The number of fused-ring (bicyclic) bond motifs is 3. The van der Waals surface area contributed by atoms with Crippen molar-refractivity contribution in [3.63, 3.8) is 0 Å². The molecule has 152 valence electrons. The van der Waals surface area contributed by atoms with E-state index < -0.39 is 12.7 Å². The van der Waals surface area contributed by atoms with Crippen molar-refractivity contribution in [3.8, 4) is 0 Å². The molecule has 4 fully saturated rings. The monoisotopic (exact) mass is 490 g/mol. The standard InChI is InChI=1S/C16H29F3N6.HI/c1-2-20-15(21-9-14-11-23-5-7-25(14)8-6-23)22-13-3-4-24(10-13)12-16(17,18)19;/h13-14H,2-12H2,1H3,(H2,20,21,22);1H. The topological polar surface area (TPSA) is 46.1 Å². The second kappa shape index (κ2) is 9.74. The van der Waals surface area contributed by atoms with E-state index in [9.17, 15) is 13.2 Å². The van der Waals surface area contributed by atoms with Crippen LogP contribution in [0.15, 0.2) is 4.99 Å². The van der Waals surface area contributed by atoms with Gasteiger partial charge in [0.25, 0.3) is 0 Å². The Morgan fingerprint density at radius 2 is 1.85 bits per heavy atom. The van der Waals surface area contributed by atoms with Gasteiger partial charge in [0, 0.05) is 64.4 Å². The Kier molecular flexibility index (Phi) is 8.23. The third kappa shape index (κ3) is 6.38. The van der Waals surface area contributed by atoms with Crippen molar-refractivity contribution in [2.45, 2.75) is 31.6 Å². The van der Waals surface area contributed by atoms with E-state index in [0.717, 1.165) is 51.8 Å². The predicted octanol–water partition coefficient (Wildman–Crippen LogP) is 0.796. The molecule has 4 rings (SSSR count). The van der Waals surface area contributed by atoms with E-state index in [-0.39, 0.29) is 30.0 Å². The van der Waals surface area contributed by atoms with Crippen molar-refractivity contribution >= 4 is 29.9 Å². The Hall–Kier alpha value is -0.330. The van der Waals surface area contributed by atoms with Crippen molar-refractivity contribution in [2.75, 3.05) is 65.4 Å². The number of guanidine groups is 1. The quantitative estimate of drug-likeness (QED) is 0.339. The molecule has 0 spiro atoms.